The summed E-state index contributed by atoms with van der Waals surface area (Å²) >= 11 is 0. The minimum atomic E-state index is 0. The Kier molecular flexibility index (Phi) is 4.83. The smallest absolute Gasteiger partial charge is 1.00 e. The maximum atomic E-state index is 2.24. The van der Waals surface area contributed by atoms with Crippen LogP contribution >= 0.6 is 0 Å². The number of hydrogen-bond donors (Lipinski definition) is 0. The second-order valence-electron chi connectivity index (χ2n) is 5.45. The van der Waals surface area contributed by atoms with Crippen LogP contribution in [-0.4, -0.2) is 37.7 Å². The van der Waals surface area contributed by atoms with Crippen LogP contribution in [-0.2, 0) is 6.42 Å². The van der Waals surface area contributed by atoms with E-state index in [9.17, 15) is 0 Å². The van der Waals surface area contributed by atoms with Gasteiger partial charge < -0.3 is 2.85 Å². The van der Waals surface area contributed by atoms with Crippen molar-refractivity contribution in [2.24, 2.45) is 0 Å². The molecule has 0 amide bonds. The van der Waals surface area contributed by atoms with Crippen molar-refractivity contribution in [3.8, 4) is 0 Å². The van der Waals surface area contributed by atoms with Gasteiger partial charge in [-0.05, 0) is 39.1 Å². The van der Waals surface area contributed by atoms with E-state index in [0.717, 1.165) is 6.42 Å². The van der Waals surface area contributed by atoms with E-state index in [1.54, 1.807) is 0 Å². The van der Waals surface area contributed by atoms with Gasteiger partial charge in [-0.2, -0.15) is 0 Å². The molecule has 22 heavy (non-hydrogen) atoms. The summed E-state index contributed by atoms with van der Waals surface area (Å²) in [5, 5.41) is 5.34. The van der Waals surface area contributed by atoms with Crippen LogP contribution in [0.25, 0.3) is 21.5 Å². The molecule has 0 fully saturated rings. The molecule has 0 saturated heterocycles. The van der Waals surface area contributed by atoms with E-state index < -0.39 is 0 Å². The maximum absolute atomic E-state index is 2.24. The van der Waals surface area contributed by atoms with Gasteiger partial charge in [0.2, 0.25) is 0 Å². The summed E-state index contributed by atoms with van der Waals surface area (Å²) in [5.41, 5.74) is 2.79. The number of benzene rings is 4. The molecule has 0 aromatic heterocycles. The molecule has 0 heterocycles. The van der Waals surface area contributed by atoms with E-state index in [-0.39, 0.29) is 40.6 Å². The van der Waals surface area contributed by atoms with Gasteiger partial charge in [-0.1, -0.05) is 84.9 Å². The van der Waals surface area contributed by atoms with E-state index in [4.69, 9.17) is 0 Å². The first-order valence-corrected chi connectivity index (χ1v) is 7.35. The SMILES string of the molecule is [Ca+2].[H-].[H-].c1ccc2c(Cc3cccc4ccccc34)cccc2c1. The average molecular weight is 310 g/mol. The van der Waals surface area contributed by atoms with Crippen LogP contribution in [0, 0.1) is 0 Å². The van der Waals surface area contributed by atoms with Gasteiger partial charge >= 0.3 is 37.7 Å². The fourth-order valence-corrected chi connectivity index (χ4v) is 3.10. The van der Waals surface area contributed by atoms with Gasteiger partial charge in [0, 0.05) is 0 Å². The predicted molar refractivity (Wildman–Crippen MR) is 98.7 cm³/mol. The van der Waals surface area contributed by atoms with Crippen molar-refractivity contribution in [2.75, 3.05) is 0 Å². The molecule has 4 aromatic carbocycles. The molecule has 0 saturated carbocycles. The van der Waals surface area contributed by atoms with Crippen molar-refractivity contribution >= 4 is 59.3 Å². The molecule has 0 aliphatic rings. The van der Waals surface area contributed by atoms with E-state index in [2.05, 4.69) is 84.9 Å². The van der Waals surface area contributed by atoms with Gasteiger partial charge in [-0.15, -0.1) is 0 Å². The second-order valence-corrected chi connectivity index (χ2v) is 5.45. The quantitative estimate of drug-likeness (QED) is 0.433. The van der Waals surface area contributed by atoms with Gasteiger partial charge in [0.25, 0.3) is 0 Å². The molecule has 0 aliphatic heterocycles. The van der Waals surface area contributed by atoms with Gasteiger partial charge in [-0.3, -0.25) is 0 Å². The summed E-state index contributed by atoms with van der Waals surface area (Å²) < 4.78 is 0. The Labute approximate surface area is 163 Å². The molecule has 0 radical (unpaired) electrons. The van der Waals surface area contributed by atoms with E-state index in [1.807, 2.05) is 0 Å². The van der Waals surface area contributed by atoms with Crippen LogP contribution in [0.3, 0.4) is 0 Å². The Balaban J connectivity index is 0.000000960. The summed E-state index contributed by atoms with van der Waals surface area (Å²) in [7, 11) is 0. The largest absolute Gasteiger partial charge is 2.00 e. The fourth-order valence-electron chi connectivity index (χ4n) is 3.10. The van der Waals surface area contributed by atoms with Crippen LogP contribution in [0.5, 0.6) is 0 Å². The third-order valence-corrected chi connectivity index (χ3v) is 4.14. The molecule has 0 spiro atoms. The minimum Gasteiger partial charge on any atom is -1.00 e. The fraction of sp³-hybridized carbons (Fsp3) is 0.0476. The maximum Gasteiger partial charge on any atom is 2.00 e. The molecule has 0 unspecified atom stereocenters. The van der Waals surface area contributed by atoms with Crippen molar-refractivity contribution in [3.63, 3.8) is 0 Å². The first-order chi connectivity index (χ1) is 10.4. The van der Waals surface area contributed by atoms with Crippen molar-refractivity contribution in [2.45, 2.75) is 6.42 Å². The van der Waals surface area contributed by atoms with Crippen LogP contribution < -0.4 is 0 Å². The number of fused-ring (bicyclic) bond motifs is 2. The molecule has 1 heteroatoms. The van der Waals surface area contributed by atoms with Gasteiger partial charge in [0.15, 0.2) is 0 Å². The molecule has 4 aromatic rings. The van der Waals surface area contributed by atoms with Crippen LogP contribution in [0.2, 0.25) is 0 Å². The summed E-state index contributed by atoms with van der Waals surface area (Å²) in [5.74, 6) is 0. The van der Waals surface area contributed by atoms with Crippen LogP contribution in [0.15, 0.2) is 84.9 Å². The predicted octanol–water partition coefficient (Wildman–Crippen LogP) is 5.43. The molecule has 0 atom stereocenters. The summed E-state index contributed by atoms with van der Waals surface area (Å²) in [6.45, 7) is 0. The number of rotatable bonds is 2. The zero-order chi connectivity index (χ0) is 14.1. The van der Waals surface area contributed by atoms with Gasteiger partial charge in [0.1, 0.15) is 0 Å². The van der Waals surface area contributed by atoms with Crippen molar-refractivity contribution in [1.82, 2.24) is 0 Å². The Hall–Kier alpha value is -1.34. The summed E-state index contributed by atoms with van der Waals surface area (Å²) in [6, 6.07) is 30.4. The van der Waals surface area contributed by atoms with Gasteiger partial charge in [0.05, 0.1) is 0 Å². The van der Waals surface area contributed by atoms with Crippen molar-refractivity contribution in [3.05, 3.63) is 96.1 Å². The summed E-state index contributed by atoms with van der Waals surface area (Å²) in [6.07, 6.45) is 0.975. The zero-order valence-electron chi connectivity index (χ0n) is 14.5. The minimum absolute atomic E-state index is 0. The molecule has 0 N–H and O–H groups in total. The van der Waals surface area contributed by atoms with Crippen molar-refractivity contribution in [1.29, 1.82) is 0 Å². The molecule has 104 valence electrons. The molecule has 0 aliphatic carbocycles. The van der Waals surface area contributed by atoms with Crippen LogP contribution in [0.4, 0.5) is 0 Å². The average Bonchev–Trinajstić information content (AvgIpc) is 2.56. The standard InChI is InChI=1S/C21H16.Ca.2H/c1-3-13-20-16(7-1)9-5-11-18(20)15-19-12-6-10-17-8-2-4-14-21(17)19;;;/h1-14H,15H2;;;/q;+2;2*-1. The molecule has 0 nitrogen and oxygen atoms in total. The first kappa shape index (κ1) is 15.6. The van der Waals surface area contributed by atoms with E-state index in [0.29, 0.717) is 0 Å². The van der Waals surface area contributed by atoms with E-state index in [1.165, 1.54) is 32.7 Å². The molecule has 0 bridgehead atoms. The summed E-state index contributed by atoms with van der Waals surface area (Å²) in [4.78, 5) is 0. The number of hydrogen-bond acceptors (Lipinski definition) is 0. The monoisotopic (exact) mass is 310 g/mol. The second kappa shape index (κ2) is 6.83. The van der Waals surface area contributed by atoms with Gasteiger partial charge in [-0.25, -0.2) is 0 Å². The third kappa shape index (κ3) is 2.92. The first-order valence-electron chi connectivity index (χ1n) is 7.35. The molecule has 4 rings (SSSR count). The zero-order valence-corrected chi connectivity index (χ0v) is 14.7. The van der Waals surface area contributed by atoms with E-state index >= 15 is 0 Å². The Morgan fingerprint density at radius 2 is 0.909 bits per heavy atom. The topological polar surface area (TPSA) is 0 Å². The normalized spacial score (nSPS) is 10.5. The Bertz CT molecular complexity index is 847. The van der Waals surface area contributed by atoms with Crippen molar-refractivity contribution < 1.29 is 2.85 Å². The Morgan fingerprint density at radius 1 is 0.500 bits per heavy atom. The molecular weight excluding hydrogens is 292 g/mol. The molecular formula is C21H18Ca. The Morgan fingerprint density at radius 3 is 1.41 bits per heavy atom. The van der Waals surface area contributed by atoms with Crippen LogP contribution in [0.1, 0.15) is 14.0 Å². The third-order valence-electron chi connectivity index (χ3n) is 4.14.